The summed E-state index contributed by atoms with van der Waals surface area (Å²) in [7, 11) is 0. The summed E-state index contributed by atoms with van der Waals surface area (Å²) in [5, 5.41) is -0.609. The molecule has 3 aromatic carbocycles. The van der Waals surface area contributed by atoms with E-state index in [1.807, 2.05) is 13.0 Å². The van der Waals surface area contributed by atoms with E-state index in [1.54, 1.807) is 6.07 Å². The molecule has 31 heavy (non-hydrogen) atoms. The van der Waals surface area contributed by atoms with Gasteiger partial charge in [0.2, 0.25) is 0 Å². The lowest BCUT2D eigenvalue weighted by atomic mass is 9.98. The normalized spacial score (nSPS) is 11.2. The van der Waals surface area contributed by atoms with Crippen LogP contribution >= 0.6 is 11.6 Å². The smallest absolute Gasteiger partial charge is 0.145 e. The monoisotopic (exact) mass is 452 g/mol. The zero-order chi connectivity index (χ0) is 22.5. The van der Waals surface area contributed by atoms with Crippen LogP contribution in [-0.2, 0) is 32.1 Å². The summed E-state index contributed by atoms with van der Waals surface area (Å²) in [6, 6.07) is 9.65. The minimum absolute atomic E-state index is 0.0491. The molecule has 0 saturated carbocycles. The average molecular weight is 453 g/mol. The molecule has 0 nitrogen and oxygen atoms in total. The highest BCUT2D eigenvalue weighted by molar-refractivity contribution is 6.30. The lowest BCUT2D eigenvalue weighted by Crippen LogP contribution is -2.03. The average Bonchev–Trinajstić information content (AvgIpc) is 2.71. The molecule has 0 radical (unpaired) electrons. The van der Waals surface area contributed by atoms with Crippen molar-refractivity contribution in [2.24, 2.45) is 0 Å². The number of halogens is 6. The molecule has 0 aromatic heterocycles. The molecule has 3 aromatic rings. The molecule has 0 aliphatic rings. The molecule has 0 aliphatic heterocycles. The molecule has 0 amide bonds. The van der Waals surface area contributed by atoms with E-state index in [1.165, 1.54) is 18.2 Å². The van der Waals surface area contributed by atoms with Gasteiger partial charge in [0.25, 0.3) is 0 Å². The summed E-state index contributed by atoms with van der Waals surface area (Å²) >= 11 is 5.45. The number of hydrogen-bond donors (Lipinski definition) is 0. The van der Waals surface area contributed by atoms with Gasteiger partial charge in [0, 0.05) is 5.56 Å². The maximum Gasteiger partial charge on any atom is 0.145 e. The molecular formula is C25H22ClF5. The van der Waals surface area contributed by atoms with Gasteiger partial charge in [0.1, 0.15) is 34.1 Å². The number of rotatable bonds is 8. The Balaban J connectivity index is 1.68. The predicted molar refractivity (Wildman–Crippen MR) is 113 cm³/mol. The molecule has 0 saturated heterocycles. The van der Waals surface area contributed by atoms with Crippen molar-refractivity contribution in [2.45, 2.75) is 45.4 Å². The van der Waals surface area contributed by atoms with Crippen LogP contribution in [0.1, 0.15) is 41.2 Å². The van der Waals surface area contributed by atoms with Gasteiger partial charge in [-0.25, -0.2) is 22.0 Å². The van der Waals surface area contributed by atoms with Crippen molar-refractivity contribution in [3.05, 3.63) is 104 Å². The minimum Gasteiger partial charge on any atom is -0.207 e. The second-order valence-electron chi connectivity index (χ2n) is 7.59. The molecule has 3 rings (SSSR count). The van der Waals surface area contributed by atoms with E-state index in [4.69, 9.17) is 11.6 Å². The molecule has 0 N–H and O–H groups in total. The van der Waals surface area contributed by atoms with Gasteiger partial charge in [-0.15, -0.1) is 0 Å². The van der Waals surface area contributed by atoms with Crippen LogP contribution in [0.3, 0.4) is 0 Å². The third kappa shape index (κ3) is 5.85. The summed E-state index contributed by atoms with van der Waals surface area (Å²) in [4.78, 5) is 0. The Morgan fingerprint density at radius 2 is 1.10 bits per heavy atom. The first-order valence-corrected chi connectivity index (χ1v) is 10.5. The molecule has 0 spiro atoms. The Hall–Kier alpha value is -2.40. The largest absolute Gasteiger partial charge is 0.207 e. The molecule has 0 atom stereocenters. The summed E-state index contributed by atoms with van der Waals surface area (Å²) in [6.45, 7) is 2.02. The van der Waals surface area contributed by atoms with Crippen molar-refractivity contribution in [2.75, 3.05) is 0 Å². The highest BCUT2D eigenvalue weighted by Gasteiger charge is 2.14. The molecule has 0 fully saturated rings. The van der Waals surface area contributed by atoms with Crippen LogP contribution in [0, 0.1) is 29.1 Å². The van der Waals surface area contributed by atoms with Gasteiger partial charge in [0.05, 0.1) is 0 Å². The number of hydrogen-bond acceptors (Lipinski definition) is 0. The highest BCUT2D eigenvalue weighted by atomic mass is 35.5. The Morgan fingerprint density at radius 1 is 0.581 bits per heavy atom. The molecule has 6 heteroatoms. The van der Waals surface area contributed by atoms with Gasteiger partial charge >= 0.3 is 0 Å². The maximum absolute atomic E-state index is 14.5. The van der Waals surface area contributed by atoms with Gasteiger partial charge in [-0.2, -0.15) is 0 Å². The zero-order valence-corrected chi connectivity index (χ0v) is 17.8. The quantitative estimate of drug-likeness (QED) is 0.244. The van der Waals surface area contributed by atoms with E-state index >= 15 is 0 Å². The van der Waals surface area contributed by atoms with E-state index in [0.717, 1.165) is 30.5 Å². The predicted octanol–water partition coefficient (Wildman–Crippen LogP) is 7.56. The number of benzene rings is 3. The second-order valence-corrected chi connectivity index (χ2v) is 7.97. The Kier molecular flexibility index (Phi) is 7.71. The van der Waals surface area contributed by atoms with Gasteiger partial charge in [-0.05, 0) is 84.7 Å². The van der Waals surface area contributed by atoms with Crippen molar-refractivity contribution >= 4 is 11.6 Å². The molecule has 0 bridgehead atoms. The number of aryl methyl sites for hydroxylation is 4. The fourth-order valence-corrected chi connectivity index (χ4v) is 3.69. The third-order valence-corrected chi connectivity index (χ3v) is 5.61. The summed E-state index contributed by atoms with van der Waals surface area (Å²) in [5.41, 5.74) is 1.93. The first-order valence-electron chi connectivity index (χ1n) is 10.2. The van der Waals surface area contributed by atoms with Gasteiger partial charge in [-0.1, -0.05) is 37.1 Å². The van der Waals surface area contributed by atoms with Crippen LogP contribution in [0.2, 0.25) is 5.02 Å². The van der Waals surface area contributed by atoms with Gasteiger partial charge in [-0.3, -0.25) is 0 Å². The lowest BCUT2D eigenvalue weighted by molar-refractivity contribution is 0.549. The van der Waals surface area contributed by atoms with Crippen LogP contribution in [0.4, 0.5) is 22.0 Å². The topological polar surface area (TPSA) is 0 Å². The fraction of sp³-hybridized carbons (Fsp3) is 0.280. The van der Waals surface area contributed by atoms with Crippen LogP contribution in [0.5, 0.6) is 0 Å². The summed E-state index contributed by atoms with van der Waals surface area (Å²) in [5.74, 6) is -3.61. The van der Waals surface area contributed by atoms with Crippen molar-refractivity contribution in [1.29, 1.82) is 0 Å². The third-order valence-electron chi connectivity index (χ3n) is 5.25. The van der Waals surface area contributed by atoms with Crippen LogP contribution in [0.15, 0.2) is 42.5 Å². The Morgan fingerprint density at radius 3 is 1.65 bits per heavy atom. The van der Waals surface area contributed by atoms with Crippen LogP contribution in [0.25, 0.3) is 0 Å². The van der Waals surface area contributed by atoms with E-state index in [9.17, 15) is 22.0 Å². The molecule has 0 unspecified atom stereocenters. The Bertz CT molecular complexity index is 1030. The highest BCUT2D eigenvalue weighted by Crippen LogP contribution is 2.23. The molecular weight excluding hydrogens is 431 g/mol. The van der Waals surface area contributed by atoms with Crippen LogP contribution < -0.4 is 0 Å². The second kappa shape index (κ2) is 10.3. The van der Waals surface area contributed by atoms with Crippen LogP contribution in [-0.4, -0.2) is 0 Å². The summed E-state index contributed by atoms with van der Waals surface area (Å²) < 4.78 is 70.3. The van der Waals surface area contributed by atoms with E-state index in [2.05, 4.69) is 0 Å². The fourth-order valence-electron chi connectivity index (χ4n) is 3.58. The first-order chi connectivity index (χ1) is 14.8. The van der Waals surface area contributed by atoms with Gasteiger partial charge < -0.3 is 0 Å². The van der Waals surface area contributed by atoms with Crippen molar-refractivity contribution in [3.8, 4) is 0 Å². The zero-order valence-electron chi connectivity index (χ0n) is 17.1. The van der Waals surface area contributed by atoms with Crippen molar-refractivity contribution < 1.29 is 22.0 Å². The summed E-state index contributed by atoms with van der Waals surface area (Å²) in [6.07, 6.45) is 2.31. The van der Waals surface area contributed by atoms with Gasteiger partial charge in [0.15, 0.2) is 0 Å². The Labute approximate surface area is 183 Å². The minimum atomic E-state index is -0.914. The molecule has 0 heterocycles. The maximum atomic E-state index is 14.5. The van der Waals surface area contributed by atoms with Crippen molar-refractivity contribution in [3.63, 3.8) is 0 Å². The standard InChI is InChI=1S/C25H22ClF5/c1-2-3-15-4-7-18(20(27)10-15)8-5-16-11-21(28)19(22(29)12-16)9-6-17-13-23(30)25(26)24(31)14-17/h4,7,10-14H,2-3,5-6,8-9H2,1H3. The van der Waals surface area contributed by atoms with Crippen molar-refractivity contribution in [1.82, 2.24) is 0 Å². The molecule has 0 aliphatic carbocycles. The molecule has 164 valence electrons. The van der Waals surface area contributed by atoms with E-state index in [0.29, 0.717) is 17.5 Å². The SMILES string of the molecule is CCCc1ccc(CCc2cc(F)c(CCc3cc(F)c(Cl)c(F)c3)c(F)c2)c(F)c1. The van der Waals surface area contributed by atoms with E-state index in [-0.39, 0.29) is 36.2 Å². The first kappa shape index (κ1) is 23.3. The van der Waals surface area contributed by atoms with E-state index < -0.39 is 28.3 Å². The lowest BCUT2D eigenvalue weighted by Gasteiger charge is -2.10.